The second kappa shape index (κ2) is 5.74. The second-order valence-electron chi connectivity index (χ2n) is 6.15. The van der Waals surface area contributed by atoms with Crippen molar-refractivity contribution in [1.82, 2.24) is 25.2 Å². The minimum atomic E-state index is -0.130. The van der Waals surface area contributed by atoms with E-state index >= 15 is 0 Å². The van der Waals surface area contributed by atoms with E-state index in [0.717, 1.165) is 42.3 Å². The lowest BCUT2D eigenvalue weighted by Crippen LogP contribution is -2.31. The number of hydrogen-bond acceptors (Lipinski definition) is 5. The lowest BCUT2D eigenvalue weighted by atomic mass is 9.93. The molecule has 0 spiro atoms. The molecule has 3 heterocycles. The van der Waals surface area contributed by atoms with Gasteiger partial charge in [-0.1, -0.05) is 12.1 Å². The molecule has 0 saturated heterocycles. The molecule has 7 nitrogen and oxygen atoms in total. The zero-order valence-corrected chi connectivity index (χ0v) is 13.7. The molecule has 124 valence electrons. The molecule has 0 radical (unpaired) electrons. The molecule has 1 aliphatic carbocycles. The smallest absolute Gasteiger partial charge is 0.257 e. The fourth-order valence-corrected chi connectivity index (χ4v) is 3.36. The maximum atomic E-state index is 12.7. The van der Waals surface area contributed by atoms with E-state index in [1.165, 1.54) is 11.9 Å². The fraction of sp³-hybridized carbons (Fsp3) is 0.412. The normalized spacial score (nSPS) is 17.0. The third-order valence-electron chi connectivity index (χ3n) is 4.68. The molecule has 0 aromatic carbocycles. The molecule has 0 bridgehead atoms. The summed E-state index contributed by atoms with van der Waals surface area (Å²) in [5, 5.41) is 12.2. The maximum Gasteiger partial charge on any atom is 0.257 e. The van der Waals surface area contributed by atoms with E-state index in [4.69, 9.17) is 4.52 Å². The Kier molecular flexibility index (Phi) is 3.55. The Hall–Kier alpha value is -2.70. The SMILES string of the molecule is CCc1noc2ncc(C(=O)NC3CCCc4c3cnn4C)cc12. The van der Waals surface area contributed by atoms with Crippen molar-refractivity contribution < 1.29 is 9.32 Å². The summed E-state index contributed by atoms with van der Waals surface area (Å²) in [6.45, 7) is 2.00. The Balaban J connectivity index is 1.61. The van der Waals surface area contributed by atoms with Crippen LogP contribution >= 0.6 is 0 Å². The van der Waals surface area contributed by atoms with Crippen molar-refractivity contribution in [3.8, 4) is 0 Å². The highest BCUT2D eigenvalue weighted by Gasteiger charge is 2.25. The van der Waals surface area contributed by atoms with Gasteiger partial charge in [-0.3, -0.25) is 9.48 Å². The fourth-order valence-electron chi connectivity index (χ4n) is 3.36. The van der Waals surface area contributed by atoms with Gasteiger partial charge in [0.2, 0.25) is 0 Å². The number of nitrogens with zero attached hydrogens (tertiary/aromatic N) is 4. The van der Waals surface area contributed by atoms with Crippen LogP contribution in [0, 0.1) is 0 Å². The van der Waals surface area contributed by atoms with Crippen molar-refractivity contribution in [2.75, 3.05) is 0 Å². The molecule has 1 N–H and O–H groups in total. The standard InChI is InChI=1S/C17H19N5O2/c1-3-13-11-7-10(8-18-17(11)24-21-13)16(23)20-14-5-4-6-15-12(14)9-19-22(15)2/h7-9,14H,3-6H2,1-2H3,(H,20,23). The highest BCUT2D eigenvalue weighted by molar-refractivity contribution is 5.97. The molecule has 1 amide bonds. The number of aromatic nitrogens is 4. The van der Waals surface area contributed by atoms with Crippen LogP contribution in [0.15, 0.2) is 23.0 Å². The Labute approximate surface area is 139 Å². The van der Waals surface area contributed by atoms with E-state index in [2.05, 4.69) is 20.6 Å². The molecule has 4 rings (SSSR count). The number of pyridine rings is 1. The Morgan fingerprint density at radius 3 is 3.17 bits per heavy atom. The zero-order valence-electron chi connectivity index (χ0n) is 13.7. The predicted octanol–water partition coefficient (Wildman–Crippen LogP) is 2.33. The average Bonchev–Trinajstić information content (AvgIpc) is 3.18. The molecule has 3 aromatic heterocycles. The minimum absolute atomic E-state index is 0.00114. The number of rotatable bonds is 3. The third kappa shape index (κ3) is 2.36. The number of aryl methyl sites for hydroxylation is 2. The van der Waals surface area contributed by atoms with E-state index in [9.17, 15) is 4.79 Å². The number of fused-ring (bicyclic) bond motifs is 2. The number of carbonyl (C=O) groups is 1. The van der Waals surface area contributed by atoms with Gasteiger partial charge in [0.05, 0.1) is 28.9 Å². The molecule has 1 aliphatic rings. The van der Waals surface area contributed by atoms with Gasteiger partial charge in [-0.25, -0.2) is 4.98 Å². The number of nitrogens with one attached hydrogen (secondary N) is 1. The first-order valence-electron chi connectivity index (χ1n) is 8.23. The lowest BCUT2D eigenvalue weighted by molar-refractivity contribution is 0.0932. The van der Waals surface area contributed by atoms with E-state index in [-0.39, 0.29) is 11.9 Å². The van der Waals surface area contributed by atoms with Crippen molar-refractivity contribution in [2.24, 2.45) is 7.05 Å². The molecular formula is C17H19N5O2. The minimum Gasteiger partial charge on any atom is -0.345 e. The first kappa shape index (κ1) is 14.9. The molecule has 24 heavy (non-hydrogen) atoms. The molecule has 0 fully saturated rings. The van der Waals surface area contributed by atoms with Gasteiger partial charge in [-0.15, -0.1) is 0 Å². The summed E-state index contributed by atoms with van der Waals surface area (Å²) in [5.74, 6) is -0.130. The van der Waals surface area contributed by atoms with E-state index in [0.29, 0.717) is 11.3 Å². The molecule has 3 aromatic rings. The van der Waals surface area contributed by atoms with Gasteiger partial charge in [-0.2, -0.15) is 5.10 Å². The highest BCUT2D eigenvalue weighted by atomic mass is 16.5. The molecule has 1 unspecified atom stereocenters. The summed E-state index contributed by atoms with van der Waals surface area (Å²) in [6.07, 6.45) is 7.10. The zero-order chi connectivity index (χ0) is 16.7. The van der Waals surface area contributed by atoms with Crippen LogP contribution in [0.1, 0.15) is 53.1 Å². The topological polar surface area (TPSA) is 85.8 Å². The van der Waals surface area contributed by atoms with Crippen LogP contribution in [0.4, 0.5) is 0 Å². The summed E-state index contributed by atoms with van der Waals surface area (Å²) >= 11 is 0. The highest BCUT2D eigenvalue weighted by Crippen LogP contribution is 2.29. The maximum absolute atomic E-state index is 12.7. The van der Waals surface area contributed by atoms with Gasteiger partial charge in [0, 0.05) is 24.5 Å². The lowest BCUT2D eigenvalue weighted by Gasteiger charge is -2.23. The van der Waals surface area contributed by atoms with Crippen molar-refractivity contribution in [1.29, 1.82) is 0 Å². The van der Waals surface area contributed by atoms with Crippen LogP contribution in [-0.2, 0) is 19.9 Å². The van der Waals surface area contributed by atoms with Gasteiger partial charge in [0.25, 0.3) is 11.6 Å². The number of carbonyl (C=O) groups excluding carboxylic acids is 1. The van der Waals surface area contributed by atoms with Gasteiger partial charge >= 0.3 is 0 Å². The van der Waals surface area contributed by atoms with Gasteiger partial charge in [0.15, 0.2) is 0 Å². The Morgan fingerprint density at radius 2 is 2.33 bits per heavy atom. The van der Waals surface area contributed by atoms with Crippen LogP contribution < -0.4 is 5.32 Å². The van der Waals surface area contributed by atoms with Crippen molar-refractivity contribution in [3.63, 3.8) is 0 Å². The van der Waals surface area contributed by atoms with Crippen LogP contribution in [-0.4, -0.2) is 25.8 Å². The van der Waals surface area contributed by atoms with E-state index < -0.39 is 0 Å². The predicted molar refractivity (Wildman–Crippen MR) is 87.5 cm³/mol. The van der Waals surface area contributed by atoms with E-state index in [1.54, 1.807) is 6.07 Å². The number of hydrogen-bond donors (Lipinski definition) is 1. The Morgan fingerprint density at radius 1 is 1.46 bits per heavy atom. The summed E-state index contributed by atoms with van der Waals surface area (Å²) in [5.41, 5.74) is 4.13. The summed E-state index contributed by atoms with van der Waals surface area (Å²) in [7, 11) is 1.94. The Bertz CT molecular complexity index is 911. The molecular weight excluding hydrogens is 306 g/mol. The third-order valence-corrected chi connectivity index (χ3v) is 4.68. The monoisotopic (exact) mass is 325 g/mol. The summed E-state index contributed by atoms with van der Waals surface area (Å²) < 4.78 is 7.06. The molecule has 0 aliphatic heterocycles. The van der Waals surface area contributed by atoms with Gasteiger partial charge in [-0.05, 0) is 31.7 Å². The van der Waals surface area contributed by atoms with Gasteiger partial charge < -0.3 is 9.84 Å². The molecule has 1 atom stereocenters. The van der Waals surface area contributed by atoms with Crippen LogP contribution in [0.25, 0.3) is 11.1 Å². The van der Waals surface area contributed by atoms with Crippen molar-refractivity contribution in [2.45, 2.75) is 38.6 Å². The average molecular weight is 325 g/mol. The van der Waals surface area contributed by atoms with Crippen molar-refractivity contribution >= 4 is 17.0 Å². The first-order chi connectivity index (χ1) is 11.7. The van der Waals surface area contributed by atoms with Gasteiger partial charge in [0.1, 0.15) is 0 Å². The largest absolute Gasteiger partial charge is 0.345 e. The quantitative estimate of drug-likeness (QED) is 0.799. The molecule has 7 heteroatoms. The van der Waals surface area contributed by atoms with Crippen LogP contribution in [0.5, 0.6) is 0 Å². The van der Waals surface area contributed by atoms with E-state index in [1.807, 2.05) is 24.9 Å². The molecule has 0 saturated carbocycles. The van der Waals surface area contributed by atoms with Crippen LogP contribution in [0.2, 0.25) is 0 Å². The van der Waals surface area contributed by atoms with Crippen molar-refractivity contribution in [3.05, 3.63) is 41.0 Å². The summed E-state index contributed by atoms with van der Waals surface area (Å²) in [6, 6.07) is 1.80. The number of amides is 1. The summed E-state index contributed by atoms with van der Waals surface area (Å²) in [4.78, 5) is 16.9. The van der Waals surface area contributed by atoms with Crippen LogP contribution in [0.3, 0.4) is 0 Å². The second-order valence-corrected chi connectivity index (χ2v) is 6.15. The first-order valence-corrected chi connectivity index (χ1v) is 8.23.